The molecule has 2 unspecified atom stereocenters. The van der Waals surface area contributed by atoms with E-state index in [0.717, 1.165) is 5.01 Å². The lowest BCUT2D eigenvalue weighted by Crippen LogP contribution is -2.53. The summed E-state index contributed by atoms with van der Waals surface area (Å²) in [4.78, 5) is 5.34. The van der Waals surface area contributed by atoms with Gasteiger partial charge in [0, 0.05) is 18.0 Å². The molecule has 17 heavy (non-hydrogen) atoms. The molecule has 3 nitrogen and oxygen atoms in total. The zero-order valence-corrected chi connectivity index (χ0v) is 10.8. The molecule has 0 fully saturated rings. The molecule has 0 saturated heterocycles. The lowest BCUT2D eigenvalue weighted by atomic mass is 10.1. The number of thiazole rings is 1. The average molecular weight is 267 g/mol. The van der Waals surface area contributed by atoms with Gasteiger partial charge in [0.05, 0.1) is 10.7 Å². The van der Waals surface area contributed by atoms with Crippen LogP contribution in [0.4, 0.5) is 13.2 Å². The van der Waals surface area contributed by atoms with Crippen molar-refractivity contribution in [3.8, 4) is 0 Å². The van der Waals surface area contributed by atoms with Crippen LogP contribution in [0.1, 0.15) is 17.6 Å². The summed E-state index contributed by atoms with van der Waals surface area (Å²) >= 11 is 1.42. The van der Waals surface area contributed by atoms with Crippen LogP contribution in [0.2, 0.25) is 0 Å². The number of nitrogens with zero attached hydrogens (tertiary/aromatic N) is 2. The number of hydrogen-bond donors (Lipinski definition) is 1. The molecule has 0 bridgehead atoms. The molecule has 1 rings (SSSR count). The summed E-state index contributed by atoms with van der Waals surface area (Å²) in [5, 5.41) is 2.61. The van der Waals surface area contributed by atoms with E-state index in [1.165, 1.54) is 30.2 Å². The summed E-state index contributed by atoms with van der Waals surface area (Å²) in [6.45, 7) is 3.33. The Balaban J connectivity index is 2.76. The standard InChI is InChI=1S/C10H16F3N3S/c1-6(14)9(10(11,12)13)16(3)4-8-5-17-7(2)15-8/h5-6,9H,4,14H2,1-3H3. The van der Waals surface area contributed by atoms with E-state index >= 15 is 0 Å². The second-order valence-corrected chi connectivity index (χ2v) is 5.18. The van der Waals surface area contributed by atoms with Gasteiger partial charge in [0.1, 0.15) is 6.04 Å². The molecule has 0 aliphatic carbocycles. The molecule has 2 N–H and O–H groups in total. The molecule has 0 saturated carbocycles. The summed E-state index contributed by atoms with van der Waals surface area (Å²) in [5.74, 6) is 0. The minimum absolute atomic E-state index is 0.149. The number of likely N-dealkylation sites (N-methyl/N-ethyl adjacent to an activating group) is 1. The van der Waals surface area contributed by atoms with Crippen molar-refractivity contribution in [1.29, 1.82) is 0 Å². The van der Waals surface area contributed by atoms with Crippen molar-refractivity contribution >= 4 is 11.3 Å². The molecule has 1 aromatic heterocycles. The largest absolute Gasteiger partial charge is 0.405 e. The number of alkyl halides is 3. The van der Waals surface area contributed by atoms with Crippen molar-refractivity contribution in [1.82, 2.24) is 9.88 Å². The van der Waals surface area contributed by atoms with Gasteiger partial charge in [-0.1, -0.05) is 0 Å². The normalized spacial score (nSPS) is 16.2. The van der Waals surface area contributed by atoms with Crippen molar-refractivity contribution in [2.24, 2.45) is 5.73 Å². The first-order valence-corrected chi connectivity index (χ1v) is 6.03. The molecule has 7 heteroatoms. The Hall–Kier alpha value is -0.660. The zero-order valence-electron chi connectivity index (χ0n) is 9.95. The molecule has 0 aliphatic heterocycles. The molecule has 0 spiro atoms. The maximum atomic E-state index is 12.8. The molecular weight excluding hydrogens is 251 g/mol. The molecule has 0 amide bonds. The smallest absolute Gasteiger partial charge is 0.326 e. The monoisotopic (exact) mass is 267 g/mol. The van der Waals surface area contributed by atoms with Crippen molar-refractivity contribution in [2.45, 2.75) is 38.7 Å². The Kier molecular flexibility index (Phi) is 4.51. The Morgan fingerprint density at radius 3 is 2.47 bits per heavy atom. The Bertz CT molecular complexity index is 362. The molecule has 2 atom stereocenters. The maximum Gasteiger partial charge on any atom is 0.405 e. The van der Waals surface area contributed by atoms with E-state index in [1.54, 1.807) is 5.38 Å². The van der Waals surface area contributed by atoms with Gasteiger partial charge in [0.15, 0.2) is 0 Å². The minimum atomic E-state index is -4.33. The van der Waals surface area contributed by atoms with Gasteiger partial charge in [-0.05, 0) is 20.9 Å². The van der Waals surface area contributed by atoms with Gasteiger partial charge in [-0.3, -0.25) is 4.90 Å². The molecular formula is C10H16F3N3S. The summed E-state index contributed by atoms with van der Waals surface area (Å²) in [6, 6.07) is -2.62. The summed E-state index contributed by atoms with van der Waals surface area (Å²) in [5.41, 5.74) is 6.05. The van der Waals surface area contributed by atoms with Gasteiger partial charge in [-0.2, -0.15) is 13.2 Å². The first-order valence-electron chi connectivity index (χ1n) is 5.15. The third-order valence-electron chi connectivity index (χ3n) is 2.39. The molecule has 98 valence electrons. The Morgan fingerprint density at radius 2 is 2.12 bits per heavy atom. The van der Waals surface area contributed by atoms with Gasteiger partial charge in [-0.25, -0.2) is 4.98 Å². The van der Waals surface area contributed by atoms with Crippen LogP contribution in [0.5, 0.6) is 0 Å². The van der Waals surface area contributed by atoms with Crippen LogP contribution >= 0.6 is 11.3 Å². The first kappa shape index (κ1) is 14.4. The van der Waals surface area contributed by atoms with Gasteiger partial charge in [0.25, 0.3) is 0 Å². The van der Waals surface area contributed by atoms with E-state index in [-0.39, 0.29) is 6.54 Å². The fraction of sp³-hybridized carbons (Fsp3) is 0.700. The third kappa shape index (κ3) is 3.93. The van der Waals surface area contributed by atoms with E-state index < -0.39 is 18.3 Å². The molecule has 1 heterocycles. The van der Waals surface area contributed by atoms with E-state index in [1.807, 2.05) is 6.92 Å². The maximum absolute atomic E-state index is 12.8. The van der Waals surface area contributed by atoms with Crippen LogP contribution in [0.15, 0.2) is 5.38 Å². The predicted octanol–water partition coefficient (Wildman–Crippen LogP) is 2.16. The Labute approximate surface area is 102 Å². The van der Waals surface area contributed by atoms with Crippen LogP contribution in [0.3, 0.4) is 0 Å². The van der Waals surface area contributed by atoms with Gasteiger partial charge in [0.2, 0.25) is 0 Å². The van der Waals surface area contributed by atoms with Crippen LogP contribution in [0.25, 0.3) is 0 Å². The highest BCUT2D eigenvalue weighted by atomic mass is 32.1. The number of hydrogen-bond acceptors (Lipinski definition) is 4. The van der Waals surface area contributed by atoms with Crippen LogP contribution in [-0.2, 0) is 6.54 Å². The molecule has 0 aromatic carbocycles. The van der Waals surface area contributed by atoms with Crippen molar-refractivity contribution in [3.63, 3.8) is 0 Å². The lowest BCUT2D eigenvalue weighted by molar-refractivity contribution is -0.186. The lowest BCUT2D eigenvalue weighted by Gasteiger charge is -2.32. The SMILES string of the molecule is Cc1nc(CN(C)C(C(C)N)C(F)(F)F)cs1. The first-order chi connectivity index (χ1) is 7.71. The van der Waals surface area contributed by atoms with Crippen molar-refractivity contribution in [2.75, 3.05) is 7.05 Å². The second-order valence-electron chi connectivity index (χ2n) is 4.12. The summed E-state index contributed by atoms with van der Waals surface area (Å²) < 4.78 is 38.4. The molecule has 0 aliphatic rings. The van der Waals surface area contributed by atoms with Crippen LogP contribution < -0.4 is 5.73 Å². The predicted molar refractivity (Wildman–Crippen MR) is 61.8 cm³/mol. The zero-order chi connectivity index (χ0) is 13.2. The van der Waals surface area contributed by atoms with Crippen LogP contribution in [0, 0.1) is 6.92 Å². The summed E-state index contributed by atoms with van der Waals surface area (Å²) in [7, 11) is 1.41. The highest BCUT2D eigenvalue weighted by Crippen LogP contribution is 2.27. The van der Waals surface area contributed by atoms with Crippen LogP contribution in [-0.4, -0.2) is 35.2 Å². The molecule has 0 radical (unpaired) electrons. The van der Waals surface area contributed by atoms with Crippen molar-refractivity contribution in [3.05, 3.63) is 16.1 Å². The van der Waals surface area contributed by atoms with Crippen molar-refractivity contribution < 1.29 is 13.2 Å². The minimum Gasteiger partial charge on any atom is -0.326 e. The number of rotatable bonds is 4. The molecule has 1 aromatic rings. The summed E-state index contributed by atoms with van der Waals surface area (Å²) in [6.07, 6.45) is -4.33. The number of nitrogens with two attached hydrogens (primary N) is 1. The van der Waals surface area contributed by atoms with E-state index in [0.29, 0.717) is 5.69 Å². The number of halogens is 3. The highest BCUT2D eigenvalue weighted by Gasteiger charge is 2.44. The second kappa shape index (κ2) is 5.32. The quantitative estimate of drug-likeness (QED) is 0.909. The topological polar surface area (TPSA) is 42.2 Å². The average Bonchev–Trinajstić information content (AvgIpc) is 2.46. The van der Waals surface area contributed by atoms with E-state index in [9.17, 15) is 13.2 Å². The van der Waals surface area contributed by atoms with E-state index in [2.05, 4.69) is 4.98 Å². The van der Waals surface area contributed by atoms with E-state index in [4.69, 9.17) is 5.73 Å². The third-order valence-corrected chi connectivity index (χ3v) is 3.21. The fourth-order valence-corrected chi connectivity index (χ4v) is 2.39. The van der Waals surface area contributed by atoms with Gasteiger partial charge >= 0.3 is 6.18 Å². The fourth-order valence-electron chi connectivity index (χ4n) is 1.78. The van der Waals surface area contributed by atoms with Gasteiger partial charge in [-0.15, -0.1) is 11.3 Å². The van der Waals surface area contributed by atoms with Gasteiger partial charge < -0.3 is 5.73 Å². The number of aryl methyl sites for hydroxylation is 1. The number of aromatic nitrogens is 1. The Morgan fingerprint density at radius 1 is 1.53 bits per heavy atom. The highest BCUT2D eigenvalue weighted by molar-refractivity contribution is 7.09.